The Morgan fingerprint density at radius 1 is 1.15 bits per heavy atom. The molecule has 1 N–H and O–H groups in total. The Labute approximate surface area is 241 Å². The van der Waals surface area contributed by atoms with Crippen LogP contribution in [0.25, 0.3) is 16.6 Å². The number of nitrogens with one attached hydrogen (secondary N) is 1. The highest BCUT2D eigenvalue weighted by atomic mass is 19.1. The normalized spacial score (nSPS) is 18.4. The van der Waals surface area contributed by atoms with Gasteiger partial charge >= 0.3 is 6.03 Å². The lowest BCUT2D eigenvalue weighted by molar-refractivity contribution is 0.0418. The Bertz CT molecular complexity index is 1360. The van der Waals surface area contributed by atoms with Gasteiger partial charge in [0, 0.05) is 67.6 Å². The van der Waals surface area contributed by atoms with Crippen LogP contribution in [0.5, 0.6) is 0 Å². The second-order valence-electron chi connectivity index (χ2n) is 11.0. The fourth-order valence-corrected chi connectivity index (χ4v) is 5.66. The van der Waals surface area contributed by atoms with Crippen molar-refractivity contribution >= 4 is 22.6 Å². The molecule has 1 fully saturated rings. The Hall–Kier alpha value is -3.37. The largest absolute Gasteiger partial charge is 0.379 e. The molecule has 220 valence electrons. The zero-order valence-electron chi connectivity index (χ0n) is 24.1. The lowest BCUT2D eigenvalue weighted by Gasteiger charge is -2.32. The van der Waals surface area contributed by atoms with E-state index in [0.717, 1.165) is 66.6 Å². The van der Waals surface area contributed by atoms with Gasteiger partial charge in [-0.05, 0) is 44.2 Å². The van der Waals surface area contributed by atoms with Gasteiger partial charge in [-0.15, -0.1) is 0 Å². The van der Waals surface area contributed by atoms with Gasteiger partial charge in [-0.25, -0.2) is 19.2 Å². The van der Waals surface area contributed by atoms with E-state index in [1.54, 1.807) is 11.9 Å². The van der Waals surface area contributed by atoms with E-state index in [9.17, 15) is 9.18 Å². The quantitative estimate of drug-likeness (QED) is 0.283. The highest BCUT2D eigenvalue weighted by molar-refractivity contribution is 5.84. The number of fused-ring (bicyclic) bond motifs is 2. The first-order chi connectivity index (χ1) is 20.0. The lowest BCUT2D eigenvalue weighted by atomic mass is 9.91. The lowest BCUT2D eigenvalue weighted by Crippen LogP contribution is -2.46. The molecule has 0 aliphatic heterocycles. The summed E-state index contributed by atoms with van der Waals surface area (Å²) in [6, 6.07) is 3.76. The number of ether oxygens (including phenoxy) is 2. The average molecular weight is 565 g/mol. The molecule has 3 heterocycles. The molecular formula is C31H41FN6O3. The van der Waals surface area contributed by atoms with Crippen LogP contribution in [-0.2, 0) is 15.9 Å². The van der Waals surface area contributed by atoms with Crippen molar-refractivity contribution in [2.24, 2.45) is 0 Å². The summed E-state index contributed by atoms with van der Waals surface area (Å²) in [6.45, 7) is 5.09. The van der Waals surface area contributed by atoms with Crippen molar-refractivity contribution in [2.75, 3.05) is 40.0 Å². The van der Waals surface area contributed by atoms with Crippen molar-refractivity contribution < 1.29 is 18.7 Å². The maximum Gasteiger partial charge on any atom is 0.317 e. The van der Waals surface area contributed by atoms with Gasteiger partial charge in [0.25, 0.3) is 0 Å². The molecule has 3 aromatic rings. The Morgan fingerprint density at radius 2 is 2.00 bits per heavy atom. The summed E-state index contributed by atoms with van der Waals surface area (Å²) < 4.78 is 27.3. The minimum atomic E-state index is -0.364. The predicted octanol–water partition coefficient (Wildman–Crippen LogP) is 5.30. The monoisotopic (exact) mass is 564 g/mol. The third-order valence-electron chi connectivity index (χ3n) is 7.97. The number of pyridine rings is 1. The number of rotatable bonds is 13. The van der Waals surface area contributed by atoms with Crippen LogP contribution in [0.1, 0.15) is 75.0 Å². The highest BCUT2D eigenvalue weighted by Gasteiger charge is 2.27. The number of halogens is 1. The van der Waals surface area contributed by atoms with Crippen LogP contribution < -0.4 is 5.32 Å². The van der Waals surface area contributed by atoms with Gasteiger partial charge in [0.2, 0.25) is 0 Å². The number of aromatic nitrogens is 4. The molecule has 41 heavy (non-hydrogen) atoms. The number of allylic oxidation sites excluding steroid dienone is 1. The van der Waals surface area contributed by atoms with Crippen molar-refractivity contribution in [3.8, 4) is 0 Å². The topological polar surface area (TPSA) is 94.4 Å². The third kappa shape index (κ3) is 7.29. The van der Waals surface area contributed by atoms with Crippen LogP contribution in [0.2, 0.25) is 0 Å². The summed E-state index contributed by atoms with van der Waals surface area (Å²) in [5.41, 5.74) is 3.28. The molecule has 0 saturated heterocycles. The SMILES string of the molecule is CCCCCOCCOCCN(C)C(=O)N[C@@H]1CCC[C@H](n2ccc3cnc(C4=CCc5ncc(F)cc54)nc32)C1. The van der Waals surface area contributed by atoms with Gasteiger partial charge in [-0.2, -0.15) is 0 Å². The summed E-state index contributed by atoms with van der Waals surface area (Å²) >= 11 is 0. The Kier molecular flexibility index (Phi) is 9.95. The smallest absolute Gasteiger partial charge is 0.317 e. The average Bonchev–Trinajstić information content (AvgIpc) is 3.60. The highest BCUT2D eigenvalue weighted by Crippen LogP contribution is 2.34. The molecule has 0 unspecified atom stereocenters. The second-order valence-corrected chi connectivity index (χ2v) is 11.0. The number of amides is 2. The first-order valence-corrected chi connectivity index (χ1v) is 14.9. The van der Waals surface area contributed by atoms with Gasteiger partial charge in [-0.3, -0.25) is 4.98 Å². The van der Waals surface area contributed by atoms with E-state index in [0.29, 0.717) is 38.6 Å². The second kappa shape index (κ2) is 14.0. The Balaban J connectivity index is 1.14. The predicted molar refractivity (Wildman–Crippen MR) is 156 cm³/mol. The first kappa shape index (κ1) is 29.1. The number of hydrogen-bond acceptors (Lipinski definition) is 6. The molecule has 0 spiro atoms. The number of nitrogens with zero attached hydrogens (tertiary/aromatic N) is 5. The summed E-state index contributed by atoms with van der Waals surface area (Å²) in [5, 5.41) is 4.18. The molecule has 5 rings (SSSR count). The fourth-order valence-electron chi connectivity index (χ4n) is 5.66. The van der Waals surface area contributed by atoms with Crippen molar-refractivity contribution in [1.29, 1.82) is 0 Å². The third-order valence-corrected chi connectivity index (χ3v) is 7.97. The number of carbonyl (C=O) groups is 1. The zero-order valence-corrected chi connectivity index (χ0v) is 24.1. The maximum absolute atomic E-state index is 13.9. The molecule has 9 nitrogen and oxygen atoms in total. The molecule has 10 heteroatoms. The molecule has 1 saturated carbocycles. The van der Waals surface area contributed by atoms with E-state index in [4.69, 9.17) is 14.5 Å². The van der Waals surface area contributed by atoms with E-state index < -0.39 is 0 Å². The summed E-state index contributed by atoms with van der Waals surface area (Å²) in [7, 11) is 1.80. The van der Waals surface area contributed by atoms with Gasteiger partial charge < -0.3 is 24.3 Å². The van der Waals surface area contributed by atoms with Crippen molar-refractivity contribution in [1.82, 2.24) is 29.7 Å². The molecule has 2 amide bonds. The number of urea groups is 1. The number of carbonyl (C=O) groups excluding carboxylic acids is 1. The van der Waals surface area contributed by atoms with Crippen molar-refractivity contribution in [3.63, 3.8) is 0 Å². The molecular weight excluding hydrogens is 523 g/mol. The minimum absolute atomic E-state index is 0.0790. The number of hydrogen-bond donors (Lipinski definition) is 1. The van der Waals surface area contributed by atoms with Crippen LogP contribution in [0.15, 0.2) is 36.8 Å². The molecule has 2 aliphatic carbocycles. The summed E-state index contributed by atoms with van der Waals surface area (Å²) in [4.78, 5) is 28.3. The minimum Gasteiger partial charge on any atom is -0.379 e. The van der Waals surface area contributed by atoms with Crippen LogP contribution in [0.4, 0.5) is 9.18 Å². The van der Waals surface area contributed by atoms with E-state index in [1.807, 2.05) is 18.3 Å². The molecule has 0 radical (unpaired) electrons. The van der Waals surface area contributed by atoms with Gasteiger partial charge in [-0.1, -0.05) is 25.8 Å². The van der Waals surface area contributed by atoms with Gasteiger partial charge in [0.15, 0.2) is 5.82 Å². The van der Waals surface area contributed by atoms with Crippen LogP contribution in [-0.4, -0.2) is 76.5 Å². The van der Waals surface area contributed by atoms with E-state index in [1.165, 1.54) is 25.1 Å². The first-order valence-electron chi connectivity index (χ1n) is 14.9. The van der Waals surface area contributed by atoms with E-state index in [2.05, 4.69) is 33.0 Å². The zero-order chi connectivity index (χ0) is 28.6. The maximum atomic E-state index is 13.9. The van der Waals surface area contributed by atoms with Crippen molar-refractivity contribution in [2.45, 2.75) is 70.4 Å². The van der Waals surface area contributed by atoms with Gasteiger partial charge in [0.05, 0.1) is 31.7 Å². The standard InChI is InChI=1S/C31H41FN6O3/c1-3-4-5-14-40-16-17-41-15-13-37(2)31(39)35-24-7-6-8-25(19-24)38-12-11-22-20-34-29(36-30(22)38)26-9-10-28-27(26)18-23(32)21-33-28/h9,11-12,18,20-21,24-25H,3-8,10,13-17,19H2,1-2H3,(H,35,39)/t24-,25+/m1/s1. The summed E-state index contributed by atoms with van der Waals surface area (Å²) in [6.07, 6.45) is 15.1. The Morgan fingerprint density at radius 3 is 2.85 bits per heavy atom. The van der Waals surface area contributed by atoms with Crippen LogP contribution in [0, 0.1) is 5.82 Å². The summed E-state index contributed by atoms with van der Waals surface area (Å²) in [5.74, 6) is 0.216. The van der Waals surface area contributed by atoms with Crippen LogP contribution >= 0.6 is 0 Å². The molecule has 3 aromatic heterocycles. The number of unbranched alkanes of at least 4 members (excludes halogenated alkanes) is 2. The van der Waals surface area contributed by atoms with Crippen molar-refractivity contribution in [3.05, 3.63) is 59.7 Å². The molecule has 0 bridgehead atoms. The van der Waals surface area contributed by atoms with E-state index in [-0.39, 0.29) is 23.9 Å². The van der Waals surface area contributed by atoms with Gasteiger partial charge in [0.1, 0.15) is 11.5 Å². The molecule has 2 atom stereocenters. The van der Waals surface area contributed by atoms with E-state index >= 15 is 0 Å². The molecule has 2 aliphatic rings. The number of likely N-dealkylation sites (N-methyl/N-ethyl adjacent to an activating group) is 1. The fraction of sp³-hybridized carbons (Fsp3) is 0.548. The molecule has 0 aromatic carbocycles. The van der Waals surface area contributed by atoms with Crippen LogP contribution in [0.3, 0.4) is 0 Å².